The summed E-state index contributed by atoms with van der Waals surface area (Å²) in [4.78, 5) is 4.06. The molecule has 0 aliphatic carbocycles. The van der Waals surface area contributed by atoms with E-state index >= 15 is 0 Å². The SMILES string of the molecule is Cc1ccc(-c2nnn(C)c2F)cn1. The molecule has 0 N–H and O–H groups in total. The first-order valence-electron chi connectivity index (χ1n) is 4.16. The van der Waals surface area contributed by atoms with Gasteiger partial charge in [-0.15, -0.1) is 5.10 Å². The lowest BCUT2D eigenvalue weighted by Crippen LogP contribution is -1.94. The van der Waals surface area contributed by atoms with E-state index in [4.69, 9.17) is 0 Å². The molecule has 0 unspecified atom stereocenters. The van der Waals surface area contributed by atoms with E-state index in [2.05, 4.69) is 15.3 Å². The molecule has 0 saturated carbocycles. The second kappa shape index (κ2) is 3.17. The van der Waals surface area contributed by atoms with Crippen LogP contribution in [0, 0.1) is 12.9 Å². The van der Waals surface area contributed by atoms with Crippen LogP contribution in [0.1, 0.15) is 5.69 Å². The van der Waals surface area contributed by atoms with Gasteiger partial charge in [0.25, 0.3) is 0 Å². The van der Waals surface area contributed by atoms with E-state index in [-0.39, 0.29) is 5.69 Å². The van der Waals surface area contributed by atoms with Crippen molar-refractivity contribution in [3.63, 3.8) is 0 Å². The van der Waals surface area contributed by atoms with Crippen LogP contribution in [-0.2, 0) is 7.05 Å². The molecule has 2 heterocycles. The second-order valence-corrected chi connectivity index (χ2v) is 3.04. The Morgan fingerprint density at radius 1 is 1.36 bits per heavy atom. The molecule has 0 aromatic carbocycles. The van der Waals surface area contributed by atoms with Crippen LogP contribution in [0.5, 0.6) is 0 Å². The minimum Gasteiger partial charge on any atom is -0.261 e. The number of halogens is 1. The zero-order valence-corrected chi connectivity index (χ0v) is 7.90. The Kier molecular flexibility index (Phi) is 1.99. The molecule has 0 fully saturated rings. The van der Waals surface area contributed by atoms with Crippen molar-refractivity contribution < 1.29 is 4.39 Å². The average molecular weight is 192 g/mol. The highest BCUT2D eigenvalue weighted by Crippen LogP contribution is 2.18. The highest BCUT2D eigenvalue weighted by Gasteiger charge is 2.11. The van der Waals surface area contributed by atoms with Gasteiger partial charge in [-0.05, 0) is 19.1 Å². The molecule has 0 amide bonds. The molecule has 0 spiro atoms. The zero-order chi connectivity index (χ0) is 10.1. The zero-order valence-electron chi connectivity index (χ0n) is 7.90. The number of hydrogen-bond donors (Lipinski definition) is 0. The third kappa shape index (κ3) is 1.37. The summed E-state index contributed by atoms with van der Waals surface area (Å²) in [7, 11) is 1.51. The van der Waals surface area contributed by atoms with Gasteiger partial charge in [-0.3, -0.25) is 4.98 Å². The van der Waals surface area contributed by atoms with Crippen LogP contribution in [0.3, 0.4) is 0 Å². The van der Waals surface area contributed by atoms with Gasteiger partial charge in [0.2, 0.25) is 5.95 Å². The van der Waals surface area contributed by atoms with E-state index in [9.17, 15) is 4.39 Å². The Bertz CT molecular complexity index is 446. The fourth-order valence-electron chi connectivity index (χ4n) is 1.13. The molecule has 0 saturated heterocycles. The molecule has 0 bridgehead atoms. The maximum Gasteiger partial charge on any atom is 0.239 e. The molecule has 0 aliphatic rings. The lowest BCUT2D eigenvalue weighted by molar-refractivity contribution is 0.502. The first-order chi connectivity index (χ1) is 6.68. The van der Waals surface area contributed by atoms with Crippen LogP contribution >= 0.6 is 0 Å². The van der Waals surface area contributed by atoms with Crippen molar-refractivity contribution in [3.05, 3.63) is 30.0 Å². The monoisotopic (exact) mass is 192 g/mol. The Morgan fingerprint density at radius 3 is 2.64 bits per heavy atom. The van der Waals surface area contributed by atoms with Gasteiger partial charge < -0.3 is 0 Å². The summed E-state index contributed by atoms with van der Waals surface area (Å²) >= 11 is 0. The van der Waals surface area contributed by atoms with Crippen LogP contribution in [0.15, 0.2) is 18.3 Å². The fraction of sp³-hybridized carbons (Fsp3) is 0.222. The normalized spacial score (nSPS) is 10.5. The number of nitrogens with zero attached hydrogens (tertiary/aromatic N) is 4. The highest BCUT2D eigenvalue weighted by atomic mass is 19.1. The van der Waals surface area contributed by atoms with E-state index in [1.165, 1.54) is 7.05 Å². The predicted molar refractivity (Wildman–Crippen MR) is 48.9 cm³/mol. The van der Waals surface area contributed by atoms with Crippen molar-refractivity contribution in [1.29, 1.82) is 0 Å². The Labute approximate surface area is 80.4 Å². The molecule has 0 aliphatic heterocycles. The molecule has 0 atom stereocenters. The van der Waals surface area contributed by atoms with Crippen molar-refractivity contribution in [1.82, 2.24) is 20.0 Å². The second-order valence-electron chi connectivity index (χ2n) is 3.04. The number of pyridine rings is 1. The van der Waals surface area contributed by atoms with Crippen molar-refractivity contribution in [3.8, 4) is 11.3 Å². The largest absolute Gasteiger partial charge is 0.261 e. The van der Waals surface area contributed by atoms with Crippen LogP contribution < -0.4 is 0 Å². The molecule has 72 valence electrons. The number of hydrogen-bond acceptors (Lipinski definition) is 3. The first-order valence-corrected chi connectivity index (χ1v) is 4.16. The van der Waals surface area contributed by atoms with Gasteiger partial charge in [-0.1, -0.05) is 5.21 Å². The lowest BCUT2D eigenvalue weighted by atomic mass is 10.2. The average Bonchev–Trinajstić information content (AvgIpc) is 2.50. The van der Waals surface area contributed by atoms with E-state index < -0.39 is 5.95 Å². The molecule has 2 aromatic heterocycles. The van der Waals surface area contributed by atoms with Crippen molar-refractivity contribution in [2.45, 2.75) is 6.92 Å². The summed E-state index contributed by atoms with van der Waals surface area (Å²) in [5.74, 6) is -0.448. The van der Waals surface area contributed by atoms with Crippen LogP contribution in [0.25, 0.3) is 11.3 Å². The van der Waals surface area contributed by atoms with Gasteiger partial charge in [-0.2, -0.15) is 4.39 Å². The van der Waals surface area contributed by atoms with E-state index in [0.29, 0.717) is 5.56 Å². The smallest absolute Gasteiger partial charge is 0.239 e. The summed E-state index contributed by atoms with van der Waals surface area (Å²) in [5.41, 5.74) is 1.76. The summed E-state index contributed by atoms with van der Waals surface area (Å²) in [6.07, 6.45) is 1.59. The van der Waals surface area contributed by atoms with Crippen molar-refractivity contribution >= 4 is 0 Å². The van der Waals surface area contributed by atoms with Crippen molar-refractivity contribution in [2.75, 3.05) is 0 Å². The summed E-state index contributed by atoms with van der Waals surface area (Å²) in [6.45, 7) is 1.87. The molecule has 0 radical (unpaired) electrons. The quantitative estimate of drug-likeness (QED) is 0.684. The predicted octanol–water partition coefficient (Wildman–Crippen LogP) is 1.32. The van der Waals surface area contributed by atoms with Gasteiger partial charge in [-0.25, -0.2) is 4.68 Å². The van der Waals surface area contributed by atoms with E-state index in [1.807, 2.05) is 13.0 Å². The van der Waals surface area contributed by atoms with Gasteiger partial charge in [0, 0.05) is 24.5 Å². The molecule has 2 rings (SSSR count). The summed E-state index contributed by atoms with van der Waals surface area (Å²) < 4.78 is 14.5. The molecule has 2 aromatic rings. The van der Waals surface area contributed by atoms with Crippen LogP contribution in [0.2, 0.25) is 0 Å². The third-order valence-corrected chi connectivity index (χ3v) is 1.94. The lowest BCUT2D eigenvalue weighted by Gasteiger charge is -1.96. The molecule has 5 heteroatoms. The Morgan fingerprint density at radius 2 is 2.14 bits per heavy atom. The van der Waals surface area contributed by atoms with Gasteiger partial charge in [0.1, 0.15) is 0 Å². The van der Waals surface area contributed by atoms with E-state index in [0.717, 1.165) is 10.4 Å². The standard InChI is InChI=1S/C9H9FN4/c1-6-3-4-7(5-11-6)8-9(10)14(2)13-12-8/h3-5H,1-2H3. The summed E-state index contributed by atoms with van der Waals surface area (Å²) in [6, 6.07) is 3.58. The van der Waals surface area contributed by atoms with Crippen molar-refractivity contribution in [2.24, 2.45) is 7.05 Å². The van der Waals surface area contributed by atoms with Gasteiger partial charge in [0.05, 0.1) is 0 Å². The number of aromatic nitrogens is 4. The minimum atomic E-state index is -0.448. The number of rotatable bonds is 1. The molecule has 14 heavy (non-hydrogen) atoms. The molecular formula is C9H9FN4. The van der Waals surface area contributed by atoms with Crippen LogP contribution in [-0.4, -0.2) is 20.0 Å². The Hall–Kier alpha value is -1.78. The third-order valence-electron chi connectivity index (χ3n) is 1.94. The minimum absolute atomic E-state index is 0.236. The molecule has 4 nitrogen and oxygen atoms in total. The maximum atomic E-state index is 13.4. The Balaban J connectivity index is 2.49. The maximum absolute atomic E-state index is 13.4. The first kappa shape index (κ1) is 8.80. The highest BCUT2D eigenvalue weighted by molar-refractivity contribution is 5.56. The number of aryl methyl sites for hydroxylation is 2. The van der Waals surface area contributed by atoms with E-state index in [1.54, 1.807) is 12.3 Å². The van der Waals surface area contributed by atoms with Crippen LogP contribution in [0.4, 0.5) is 4.39 Å². The topological polar surface area (TPSA) is 43.6 Å². The fourth-order valence-corrected chi connectivity index (χ4v) is 1.13. The molecular weight excluding hydrogens is 183 g/mol. The van der Waals surface area contributed by atoms with Gasteiger partial charge in [0.15, 0.2) is 5.69 Å². The van der Waals surface area contributed by atoms with Gasteiger partial charge >= 0.3 is 0 Å². The summed E-state index contributed by atoms with van der Waals surface area (Å²) in [5, 5.41) is 7.29.